The quantitative estimate of drug-likeness (QED) is 0.862. The topological polar surface area (TPSA) is 52.7 Å². The molecule has 0 radical (unpaired) electrons. The maximum absolute atomic E-state index is 13.1. The lowest BCUT2D eigenvalue weighted by Gasteiger charge is -2.37. The van der Waals surface area contributed by atoms with Crippen LogP contribution in [0.5, 0.6) is 0 Å². The van der Waals surface area contributed by atoms with E-state index in [-0.39, 0.29) is 23.5 Å². The molecule has 6 heteroatoms. The Bertz CT molecular complexity index is 800. The molecule has 28 heavy (non-hydrogen) atoms. The fraction of sp³-hybridized carbons (Fsp3) is 0.364. The number of hydrogen-bond donors (Lipinski definition) is 1. The fourth-order valence-electron chi connectivity index (χ4n) is 3.68. The molecule has 5 nitrogen and oxygen atoms in total. The fourth-order valence-corrected chi connectivity index (χ4v) is 3.68. The molecule has 3 rings (SSSR count). The number of piperidine rings is 1. The zero-order valence-corrected chi connectivity index (χ0v) is 16.3. The van der Waals surface area contributed by atoms with Crippen LogP contribution in [0.25, 0.3) is 0 Å². The van der Waals surface area contributed by atoms with Crippen LogP contribution in [0.1, 0.15) is 24.4 Å². The Morgan fingerprint density at radius 2 is 1.64 bits per heavy atom. The Labute approximate surface area is 165 Å². The number of hydrogen-bond acceptors (Lipinski definition) is 3. The average Bonchev–Trinajstić information content (AvgIpc) is 2.70. The number of halogens is 1. The number of nitrogens with one attached hydrogen (secondary N) is 1. The van der Waals surface area contributed by atoms with Gasteiger partial charge in [0, 0.05) is 25.7 Å². The van der Waals surface area contributed by atoms with Gasteiger partial charge in [-0.1, -0.05) is 30.3 Å². The lowest BCUT2D eigenvalue weighted by Crippen LogP contribution is -2.44. The molecule has 2 aromatic carbocycles. The first-order chi connectivity index (χ1) is 13.5. The summed E-state index contributed by atoms with van der Waals surface area (Å²) in [5.41, 5.74) is 1.46. The Balaban J connectivity index is 1.76. The third kappa shape index (κ3) is 4.75. The number of anilines is 1. The zero-order chi connectivity index (χ0) is 20.1. The van der Waals surface area contributed by atoms with Crippen molar-refractivity contribution >= 4 is 17.5 Å². The normalized spacial score (nSPS) is 16.4. The lowest BCUT2D eigenvalue weighted by molar-refractivity contribution is -0.135. The molecule has 0 saturated carbocycles. The van der Waals surface area contributed by atoms with E-state index < -0.39 is 6.04 Å². The van der Waals surface area contributed by atoms with Crippen LogP contribution in [0.2, 0.25) is 0 Å². The van der Waals surface area contributed by atoms with E-state index in [1.54, 1.807) is 31.1 Å². The highest BCUT2D eigenvalue weighted by Crippen LogP contribution is 2.29. The molecule has 1 atom stereocenters. The molecular weight excluding hydrogens is 357 g/mol. The van der Waals surface area contributed by atoms with E-state index in [0.29, 0.717) is 18.8 Å². The molecule has 0 aliphatic carbocycles. The van der Waals surface area contributed by atoms with E-state index >= 15 is 0 Å². The van der Waals surface area contributed by atoms with Crippen LogP contribution >= 0.6 is 0 Å². The van der Waals surface area contributed by atoms with E-state index in [2.05, 4.69) is 10.2 Å². The van der Waals surface area contributed by atoms with Crippen molar-refractivity contribution in [3.8, 4) is 0 Å². The van der Waals surface area contributed by atoms with Crippen molar-refractivity contribution in [2.75, 3.05) is 32.5 Å². The minimum atomic E-state index is -0.457. The number of carbonyl (C=O) groups excluding carboxylic acids is 2. The summed E-state index contributed by atoms with van der Waals surface area (Å²) in [5.74, 6) is -0.352. The summed E-state index contributed by atoms with van der Waals surface area (Å²) in [4.78, 5) is 29.1. The van der Waals surface area contributed by atoms with Crippen molar-refractivity contribution in [1.82, 2.24) is 9.80 Å². The molecule has 1 N–H and O–H groups in total. The Morgan fingerprint density at radius 1 is 1.04 bits per heavy atom. The van der Waals surface area contributed by atoms with E-state index in [4.69, 9.17) is 0 Å². The van der Waals surface area contributed by atoms with Gasteiger partial charge in [-0.2, -0.15) is 0 Å². The molecule has 2 aromatic rings. The predicted molar refractivity (Wildman–Crippen MR) is 107 cm³/mol. The van der Waals surface area contributed by atoms with Gasteiger partial charge >= 0.3 is 0 Å². The first-order valence-corrected chi connectivity index (χ1v) is 9.52. The molecule has 148 valence electrons. The Kier molecular flexibility index (Phi) is 6.41. The summed E-state index contributed by atoms with van der Waals surface area (Å²) < 4.78 is 13.1. The second-order valence-electron chi connectivity index (χ2n) is 7.35. The first-order valence-electron chi connectivity index (χ1n) is 9.52. The van der Waals surface area contributed by atoms with E-state index in [9.17, 15) is 14.0 Å². The maximum Gasteiger partial charge on any atom is 0.246 e. The van der Waals surface area contributed by atoms with Crippen LogP contribution in [0.15, 0.2) is 54.6 Å². The summed E-state index contributed by atoms with van der Waals surface area (Å²) >= 11 is 0. The van der Waals surface area contributed by atoms with Gasteiger partial charge in [0.25, 0.3) is 0 Å². The van der Waals surface area contributed by atoms with E-state index in [1.807, 2.05) is 30.3 Å². The van der Waals surface area contributed by atoms with E-state index in [0.717, 1.165) is 18.4 Å². The Hall–Kier alpha value is -2.73. The number of amides is 2. The van der Waals surface area contributed by atoms with Crippen LogP contribution < -0.4 is 5.32 Å². The van der Waals surface area contributed by atoms with Crippen molar-refractivity contribution in [3.05, 3.63) is 66.0 Å². The summed E-state index contributed by atoms with van der Waals surface area (Å²) in [7, 11) is 3.55. The Morgan fingerprint density at radius 3 is 2.21 bits per heavy atom. The molecule has 1 aliphatic heterocycles. The van der Waals surface area contributed by atoms with Gasteiger partial charge in [0.2, 0.25) is 11.8 Å². The number of carbonyl (C=O) groups is 2. The van der Waals surface area contributed by atoms with Gasteiger partial charge in [-0.3, -0.25) is 14.5 Å². The molecule has 0 spiro atoms. The smallest absolute Gasteiger partial charge is 0.246 e. The van der Waals surface area contributed by atoms with Gasteiger partial charge in [-0.05, 0) is 55.8 Å². The van der Waals surface area contributed by atoms with Gasteiger partial charge in [0.15, 0.2) is 0 Å². The molecule has 1 aliphatic rings. The average molecular weight is 383 g/mol. The highest BCUT2D eigenvalue weighted by molar-refractivity contribution is 5.95. The van der Waals surface area contributed by atoms with Crippen LogP contribution in [0.4, 0.5) is 10.1 Å². The van der Waals surface area contributed by atoms with Crippen LogP contribution in [-0.2, 0) is 9.59 Å². The third-order valence-corrected chi connectivity index (χ3v) is 5.16. The first kappa shape index (κ1) is 20.0. The molecule has 2 amide bonds. The summed E-state index contributed by atoms with van der Waals surface area (Å²) in [6.07, 6.45) is 1.45. The zero-order valence-electron chi connectivity index (χ0n) is 16.3. The van der Waals surface area contributed by atoms with Crippen molar-refractivity contribution in [2.45, 2.75) is 18.9 Å². The van der Waals surface area contributed by atoms with Gasteiger partial charge in [0.1, 0.15) is 11.9 Å². The predicted octanol–water partition coefficient (Wildman–Crippen LogP) is 3.31. The molecular formula is C22H26FN3O2. The standard InChI is InChI=1S/C22H26FN3O2/c1-25(2)22(28)17-12-14-26(15-13-17)20(16-6-4-3-5-7-16)21(27)24-19-10-8-18(23)9-11-19/h3-11,17,20H,12-15H2,1-2H3,(H,24,27). The molecule has 0 bridgehead atoms. The third-order valence-electron chi connectivity index (χ3n) is 5.16. The van der Waals surface area contributed by atoms with Gasteiger partial charge in [-0.15, -0.1) is 0 Å². The van der Waals surface area contributed by atoms with Crippen molar-refractivity contribution in [2.24, 2.45) is 5.92 Å². The highest BCUT2D eigenvalue weighted by atomic mass is 19.1. The number of nitrogens with zero attached hydrogens (tertiary/aromatic N) is 2. The van der Waals surface area contributed by atoms with Gasteiger partial charge in [0.05, 0.1) is 0 Å². The highest BCUT2D eigenvalue weighted by Gasteiger charge is 2.33. The van der Waals surface area contributed by atoms with Crippen molar-refractivity contribution in [3.63, 3.8) is 0 Å². The molecule has 1 heterocycles. The minimum absolute atomic E-state index is 0.00262. The second kappa shape index (κ2) is 8.97. The van der Waals surface area contributed by atoms with Crippen molar-refractivity contribution < 1.29 is 14.0 Å². The van der Waals surface area contributed by atoms with Crippen molar-refractivity contribution in [1.29, 1.82) is 0 Å². The van der Waals surface area contributed by atoms with Crippen LogP contribution in [0, 0.1) is 11.7 Å². The number of likely N-dealkylation sites (tertiary alicyclic amines) is 1. The van der Waals surface area contributed by atoms with Crippen LogP contribution in [-0.4, -0.2) is 48.8 Å². The van der Waals surface area contributed by atoms with Gasteiger partial charge in [-0.25, -0.2) is 4.39 Å². The minimum Gasteiger partial charge on any atom is -0.349 e. The van der Waals surface area contributed by atoms with Crippen LogP contribution in [0.3, 0.4) is 0 Å². The van der Waals surface area contributed by atoms with E-state index in [1.165, 1.54) is 12.1 Å². The largest absolute Gasteiger partial charge is 0.349 e. The molecule has 1 unspecified atom stereocenters. The van der Waals surface area contributed by atoms with Gasteiger partial charge < -0.3 is 10.2 Å². The molecule has 0 aromatic heterocycles. The molecule has 1 saturated heterocycles. The lowest BCUT2D eigenvalue weighted by atomic mass is 9.93. The summed E-state index contributed by atoms with van der Waals surface area (Å²) in [6.45, 7) is 1.33. The number of rotatable bonds is 5. The second-order valence-corrected chi connectivity index (χ2v) is 7.35. The number of benzene rings is 2. The maximum atomic E-state index is 13.1. The monoisotopic (exact) mass is 383 g/mol. The SMILES string of the molecule is CN(C)C(=O)C1CCN(C(C(=O)Nc2ccc(F)cc2)c2ccccc2)CC1. The summed E-state index contributed by atoms with van der Waals surface area (Å²) in [5, 5.41) is 2.89. The molecule has 1 fully saturated rings. The summed E-state index contributed by atoms with van der Waals surface area (Å²) in [6, 6.07) is 14.9.